The van der Waals surface area contributed by atoms with Crippen molar-refractivity contribution in [3.8, 4) is 0 Å². The normalized spacial score (nSPS) is 29.3. The molecule has 1 rings (SSSR count). The molecule has 0 unspecified atom stereocenters. The lowest BCUT2D eigenvalue weighted by atomic mass is 9.98. The first kappa shape index (κ1) is 19.8. The average molecular weight is 350 g/mol. The van der Waals surface area contributed by atoms with Gasteiger partial charge in [-0.3, -0.25) is 19.2 Å². The van der Waals surface area contributed by atoms with Crippen LogP contribution in [0.25, 0.3) is 0 Å². The molecule has 0 N–H and O–H groups in total. The van der Waals surface area contributed by atoms with Gasteiger partial charge in [-0.1, -0.05) is 0 Å². The van der Waals surface area contributed by atoms with E-state index in [1.165, 1.54) is 0 Å². The average Bonchev–Trinajstić information content (AvgIpc) is 2.42. The number of hydrogen-bond donors (Lipinski definition) is 0. The standard InChI is InChI=1S/C14H19FO9/c1-6(16)20-5-10-11(21-7(2)17)12(22-8(3)18)13(14(15)24-10)23-9(4)19/h10-14H,5H2,1-4H3/t10-,11-,12-,13+,14-/m0/s1. The minimum atomic E-state index is -2.18. The van der Waals surface area contributed by atoms with E-state index in [4.69, 9.17) is 23.7 Å². The van der Waals surface area contributed by atoms with Crippen LogP contribution in [-0.2, 0) is 42.9 Å². The second-order valence-electron chi connectivity index (χ2n) is 5.05. The van der Waals surface area contributed by atoms with Crippen molar-refractivity contribution in [3.05, 3.63) is 0 Å². The van der Waals surface area contributed by atoms with Crippen molar-refractivity contribution >= 4 is 23.9 Å². The van der Waals surface area contributed by atoms with Crippen molar-refractivity contribution in [1.82, 2.24) is 0 Å². The molecule has 1 aliphatic heterocycles. The van der Waals surface area contributed by atoms with Crippen molar-refractivity contribution in [2.75, 3.05) is 6.61 Å². The quantitative estimate of drug-likeness (QED) is 0.500. The summed E-state index contributed by atoms with van der Waals surface area (Å²) in [7, 11) is 0. The Morgan fingerprint density at radius 3 is 1.71 bits per heavy atom. The minimum absolute atomic E-state index is 0.446. The fraction of sp³-hybridized carbons (Fsp3) is 0.714. The van der Waals surface area contributed by atoms with Crippen molar-refractivity contribution in [2.24, 2.45) is 0 Å². The molecule has 1 saturated heterocycles. The van der Waals surface area contributed by atoms with Gasteiger partial charge in [0.2, 0.25) is 6.36 Å². The number of carbonyl (C=O) groups is 4. The zero-order valence-corrected chi connectivity index (χ0v) is 13.6. The summed E-state index contributed by atoms with van der Waals surface area (Å²) in [6, 6.07) is 0. The van der Waals surface area contributed by atoms with Gasteiger partial charge in [0.15, 0.2) is 18.3 Å². The van der Waals surface area contributed by atoms with E-state index in [0.717, 1.165) is 27.7 Å². The van der Waals surface area contributed by atoms with Gasteiger partial charge in [0.1, 0.15) is 12.7 Å². The Bertz CT molecular complexity index is 506. The van der Waals surface area contributed by atoms with Crippen LogP contribution >= 0.6 is 0 Å². The van der Waals surface area contributed by atoms with E-state index in [1.54, 1.807) is 0 Å². The molecular weight excluding hydrogens is 331 g/mol. The fourth-order valence-electron chi connectivity index (χ4n) is 2.18. The number of alkyl halides is 1. The number of hydrogen-bond acceptors (Lipinski definition) is 9. The van der Waals surface area contributed by atoms with Gasteiger partial charge in [0.05, 0.1) is 0 Å². The maximum absolute atomic E-state index is 14.2. The molecule has 0 aromatic heterocycles. The first-order valence-electron chi connectivity index (χ1n) is 7.06. The first-order chi connectivity index (χ1) is 11.1. The van der Waals surface area contributed by atoms with E-state index >= 15 is 0 Å². The van der Waals surface area contributed by atoms with E-state index in [9.17, 15) is 23.6 Å². The van der Waals surface area contributed by atoms with Crippen LogP contribution < -0.4 is 0 Å². The Kier molecular flexibility index (Phi) is 7.08. The van der Waals surface area contributed by atoms with Gasteiger partial charge in [-0.25, -0.2) is 4.39 Å². The zero-order valence-electron chi connectivity index (χ0n) is 13.6. The summed E-state index contributed by atoms with van der Waals surface area (Å²) in [6.07, 6.45) is -7.85. The lowest BCUT2D eigenvalue weighted by molar-refractivity contribution is -0.277. The first-order valence-corrected chi connectivity index (χ1v) is 7.06. The number of rotatable bonds is 5. The number of halogens is 1. The molecule has 0 spiro atoms. The van der Waals surface area contributed by atoms with Crippen molar-refractivity contribution in [1.29, 1.82) is 0 Å². The molecule has 0 amide bonds. The van der Waals surface area contributed by atoms with Crippen LogP contribution in [0.3, 0.4) is 0 Å². The van der Waals surface area contributed by atoms with E-state index in [0.29, 0.717) is 0 Å². The summed E-state index contributed by atoms with van der Waals surface area (Å²) in [5.41, 5.74) is 0. The maximum Gasteiger partial charge on any atom is 0.303 e. The molecule has 0 saturated carbocycles. The summed E-state index contributed by atoms with van der Waals surface area (Å²) in [5.74, 6) is -3.09. The number of carbonyl (C=O) groups excluding carboxylic acids is 4. The van der Waals surface area contributed by atoms with Crippen molar-refractivity contribution < 1.29 is 47.3 Å². The highest BCUT2D eigenvalue weighted by Crippen LogP contribution is 2.29. The second-order valence-corrected chi connectivity index (χ2v) is 5.05. The molecule has 0 radical (unpaired) electrons. The van der Waals surface area contributed by atoms with Crippen molar-refractivity contribution in [2.45, 2.75) is 58.5 Å². The van der Waals surface area contributed by atoms with Crippen LogP contribution in [0.2, 0.25) is 0 Å². The monoisotopic (exact) mass is 350 g/mol. The van der Waals surface area contributed by atoms with Crippen LogP contribution in [-0.4, -0.2) is 61.3 Å². The largest absolute Gasteiger partial charge is 0.463 e. The molecule has 0 aromatic carbocycles. The smallest absolute Gasteiger partial charge is 0.303 e. The van der Waals surface area contributed by atoms with Gasteiger partial charge in [-0.05, 0) is 0 Å². The fourth-order valence-corrected chi connectivity index (χ4v) is 2.18. The third-order valence-corrected chi connectivity index (χ3v) is 2.93. The minimum Gasteiger partial charge on any atom is -0.463 e. The lowest BCUT2D eigenvalue weighted by Crippen LogP contribution is -2.61. The Morgan fingerprint density at radius 2 is 1.25 bits per heavy atom. The summed E-state index contributed by atoms with van der Waals surface area (Å²) < 4.78 is 38.7. The molecule has 0 aromatic rings. The molecule has 1 fully saturated rings. The predicted octanol–water partition coefficient (Wildman–Crippen LogP) is 0.0390. The van der Waals surface area contributed by atoms with Gasteiger partial charge in [-0.15, -0.1) is 0 Å². The Morgan fingerprint density at radius 1 is 0.792 bits per heavy atom. The van der Waals surface area contributed by atoms with Crippen LogP contribution in [0, 0.1) is 0 Å². The SMILES string of the molecule is CC(=O)OC[C@@H]1O[C@H](F)[C@H](OC(C)=O)[C@@H](OC(C)=O)[C@H]1OC(C)=O. The van der Waals surface area contributed by atoms with E-state index in [1.807, 2.05) is 0 Å². The number of esters is 4. The molecule has 0 aliphatic carbocycles. The van der Waals surface area contributed by atoms with Gasteiger partial charge < -0.3 is 23.7 Å². The summed E-state index contributed by atoms with van der Waals surface area (Å²) in [4.78, 5) is 44.7. The van der Waals surface area contributed by atoms with E-state index < -0.39 is 61.3 Å². The maximum atomic E-state index is 14.2. The van der Waals surface area contributed by atoms with Crippen LogP contribution in [0.15, 0.2) is 0 Å². The molecule has 10 heteroatoms. The van der Waals surface area contributed by atoms with E-state index in [2.05, 4.69) is 0 Å². The zero-order chi connectivity index (χ0) is 18.4. The molecule has 1 aliphatic rings. The number of ether oxygens (including phenoxy) is 5. The van der Waals surface area contributed by atoms with Crippen LogP contribution in [0.1, 0.15) is 27.7 Å². The molecule has 9 nitrogen and oxygen atoms in total. The summed E-state index contributed by atoms with van der Waals surface area (Å²) >= 11 is 0. The third-order valence-electron chi connectivity index (χ3n) is 2.93. The van der Waals surface area contributed by atoms with Gasteiger partial charge >= 0.3 is 23.9 Å². The lowest BCUT2D eigenvalue weighted by Gasteiger charge is -2.41. The van der Waals surface area contributed by atoms with Gasteiger partial charge in [0, 0.05) is 27.7 Å². The van der Waals surface area contributed by atoms with Gasteiger partial charge in [0.25, 0.3) is 0 Å². The summed E-state index contributed by atoms with van der Waals surface area (Å²) in [5, 5.41) is 0. The highest BCUT2D eigenvalue weighted by molar-refractivity contribution is 5.68. The Labute approximate surface area is 137 Å². The van der Waals surface area contributed by atoms with Crippen LogP contribution in [0.4, 0.5) is 4.39 Å². The topological polar surface area (TPSA) is 114 Å². The molecule has 5 atom stereocenters. The molecule has 1 heterocycles. The molecule has 24 heavy (non-hydrogen) atoms. The summed E-state index contributed by atoms with van der Waals surface area (Å²) in [6.45, 7) is 3.85. The van der Waals surface area contributed by atoms with Crippen LogP contribution in [0.5, 0.6) is 0 Å². The van der Waals surface area contributed by atoms with E-state index in [-0.39, 0.29) is 0 Å². The molecule has 0 bridgehead atoms. The Balaban J connectivity index is 3.11. The highest BCUT2D eigenvalue weighted by Gasteiger charge is 2.52. The molecule has 136 valence electrons. The highest BCUT2D eigenvalue weighted by atomic mass is 19.1. The molecular formula is C14H19FO9. The van der Waals surface area contributed by atoms with Crippen molar-refractivity contribution in [3.63, 3.8) is 0 Å². The second kappa shape index (κ2) is 8.57. The third kappa shape index (κ3) is 5.76. The predicted molar refractivity (Wildman–Crippen MR) is 73.1 cm³/mol. The Hall–Kier alpha value is -2.23. The van der Waals surface area contributed by atoms with Gasteiger partial charge in [-0.2, -0.15) is 0 Å².